The molecule has 5 aromatic rings. The molecule has 6 heteroatoms. The van der Waals surface area contributed by atoms with Gasteiger partial charge in [-0.15, -0.1) is 0 Å². The first-order chi connectivity index (χ1) is 14.2. The number of nitrogens with one attached hydrogen (secondary N) is 1. The van der Waals surface area contributed by atoms with Gasteiger partial charge in [0.2, 0.25) is 0 Å². The van der Waals surface area contributed by atoms with Crippen LogP contribution >= 0.6 is 0 Å². The number of ether oxygens (including phenoxy) is 1. The number of rotatable bonds is 4. The average Bonchev–Trinajstić information content (AvgIpc) is 3.30. The fourth-order valence-corrected chi connectivity index (χ4v) is 3.70. The van der Waals surface area contributed by atoms with Gasteiger partial charge in [-0.2, -0.15) is 5.10 Å². The van der Waals surface area contributed by atoms with Gasteiger partial charge in [-0.05, 0) is 41.1 Å². The Morgan fingerprint density at radius 3 is 2.52 bits per heavy atom. The lowest BCUT2D eigenvalue weighted by molar-refractivity contribution is 0.414. The summed E-state index contributed by atoms with van der Waals surface area (Å²) in [5, 5.41) is 9.42. The molecule has 142 valence electrons. The predicted molar refractivity (Wildman–Crippen MR) is 113 cm³/mol. The van der Waals surface area contributed by atoms with Gasteiger partial charge in [0.05, 0.1) is 24.2 Å². The highest BCUT2D eigenvalue weighted by molar-refractivity contribution is 6.06. The van der Waals surface area contributed by atoms with Crippen molar-refractivity contribution in [2.75, 3.05) is 7.11 Å². The largest absolute Gasteiger partial charge is 0.497 e. The molecule has 0 aliphatic carbocycles. The van der Waals surface area contributed by atoms with E-state index in [2.05, 4.69) is 21.2 Å². The number of hydrogen-bond acceptors (Lipinski definition) is 4. The molecule has 2 aromatic heterocycles. The van der Waals surface area contributed by atoms with Crippen LogP contribution in [0.15, 0.2) is 78.0 Å². The summed E-state index contributed by atoms with van der Waals surface area (Å²) in [6, 6.07) is 19.8. The minimum Gasteiger partial charge on any atom is -0.497 e. The molecule has 0 spiro atoms. The molecule has 0 atom stereocenters. The highest BCUT2D eigenvalue weighted by Crippen LogP contribution is 2.28. The molecule has 0 fully saturated rings. The lowest BCUT2D eigenvalue weighted by atomic mass is 9.96. The Balaban J connectivity index is 1.73. The van der Waals surface area contributed by atoms with E-state index in [1.165, 1.54) is 4.57 Å². The molecule has 0 aliphatic heterocycles. The van der Waals surface area contributed by atoms with E-state index in [0.29, 0.717) is 23.1 Å². The van der Waals surface area contributed by atoms with Gasteiger partial charge >= 0.3 is 0 Å². The number of H-pyrrole nitrogens is 1. The maximum atomic E-state index is 13.2. The summed E-state index contributed by atoms with van der Waals surface area (Å²) in [4.78, 5) is 17.8. The van der Waals surface area contributed by atoms with Gasteiger partial charge < -0.3 is 4.74 Å². The van der Waals surface area contributed by atoms with Gasteiger partial charge in [0, 0.05) is 11.5 Å². The van der Waals surface area contributed by atoms with Crippen LogP contribution in [0.25, 0.3) is 27.5 Å². The zero-order valence-corrected chi connectivity index (χ0v) is 15.8. The number of benzene rings is 3. The second kappa shape index (κ2) is 6.91. The Kier molecular flexibility index (Phi) is 4.09. The van der Waals surface area contributed by atoms with Gasteiger partial charge in [0.1, 0.15) is 17.9 Å². The summed E-state index contributed by atoms with van der Waals surface area (Å²) in [7, 11) is 1.66. The number of aromatic amines is 1. The van der Waals surface area contributed by atoms with Crippen LogP contribution in [0.5, 0.6) is 5.75 Å². The molecule has 0 aliphatic rings. The molecule has 1 N–H and O–H groups in total. The van der Waals surface area contributed by atoms with Gasteiger partial charge in [-0.25, -0.2) is 4.98 Å². The van der Waals surface area contributed by atoms with Gasteiger partial charge in [0.25, 0.3) is 5.56 Å². The van der Waals surface area contributed by atoms with E-state index >= 15 is 0 Å². The molecule has 29 heavy (non-hydrogen) atoms. The van der Waals surface area contributed by atoms with E-state index < -0.39 is 0 Å². The maximum absolute atomic E-state index is 13.2. The fourth-order valence-electron chi connectivity index (χ4n) is 3.70. The Morgan fingerprint density at radius 2 is 1.79 bits per heavy atom. The van der Waals surface area contributed by atoms with Crippen molar-refractivity contribution in [3.63, 3.8) is 0 Å². The molecule has 5 rings (SSSR count). The summed E-state index contributed by atoms with van der Waals surface area (Å²) < 4.78 is 6.74. The lowest BCUT2D eigenvalue weighted by Crippen LogP contribution is -2.19. The first-order valence-electron chi connectivity index (χ1n) is 9.29. The third-order valence-electron chi connectivity index (χ3n) is 5.15. The van der Waals surface area contributed by atoms with Crippen LogP contribution in [-0.4, -0.2) is 26.9 Å². The second-order valence-electron chi connectivity index (χ2n) is 6.86. The molecule has 0 unspecified atom stereocenters. The minimum atomic E-state index is -0.124. The van der Waals surface area contributed by atoms with Crippen molar-refractivity contribution in [1.29, 1.82) is 0 Å². The zero-order chi connectivity index (χ0) is 19.8. The van der Waals surface area contributed by atoms with Crippen molar-refractivity contribution >= 4 is 21.7 Å². The molecule has 2 heterocycles. The van der Waals surface area contributed by atoms with Crippen LogP contribution in [0, 0.1) is 0 Å². The van der Waals surface area contributed by atoms with Crippen LogP contribution in [0.2, 0.25) is 0 Å². The first-order valence-corrected chi connectivity index (χ1v) is 9.29. The standard InChI is InChI=1S/C23H18N4O2/c1-29-17-8-6-15(7-9-17)12-16-13-20-22(19-5-3-2-4-18(16)19)24-14-27(23(20)28)21-10-11-25-26-21/h2-11,13-14H,12H2,1H3,(H,25,26). The summed E-state index contributed by atoms with van der Waals surface area (Å²) in [5.41, 5.74) is 2.81. The van der Waals surface area contributed by atoms with Crippen LogP contribution in [0.4, 0.5) is 0 Å². The highest BCUT2D eigenvalue weighted by atomic mass is 16.5. The second-order valence-corrected chi connectivity index (χ2v) is 6.86. The molecule has 3 aromatic carbocycles. The number of aromatic nitrogens is 4. The van der Waals surface area contributed by atoms with E-state index in [4.69, 9.17) is 4.74 Å². The molecular weight excluding hydrogens is 364 g/mol. The molecular formula is C23H18N4O2. The van der Waals surface area contributed by atoms with Crippen molar-refractivity contribution in [3.05, 3.63) is 94.7 Å². The Hall–Kier alpha value is -3.93. The quantitative estimate of drug-likeness (QED) is 0.479. The van der Waals surface area contributed by atoms with Gasteiger partial charge in [0.15, 0.2) is 0 Å². The van der Waals surface area contributed by atoms with Crippen LogP contribution < -0.4 is 10.3 Å². The van der Waals surface area contributed by atoms with Crippen molar-refractivity contribution in [2.24, 2.45) is 0 Å². The van der Waals surface area contributed by atoms with E-state index in [9.17, 15) is 4.79 Å². The van der Waals surface area contributed by atoms with E-state index in [-0.39, 0.29) is 5.56 Å². The normalized spacial score (nSPS) is 11.2. The monoisotopic (exact) mass is 382 g/mol. The Morgan fingerprint density at radius 1 is 1.00 bits per heavy atom. The molecule has 6 nitrogen and oxygen atoms in total. The zero-order valence-electron chi connectivity index (χ0n) is 15.8. The smallest absolute Gasteiger partial charge is 0.266 e. The third-order valence-corrected chi connectivity index (χ3v) is 5.15. The lowest BCUT2D eigenvalue weighted by Gasteiger charge is -2.12. The molecule has 0 bridgehead atoms. The molecule has 0 amide bonds. The average molecular weight is 382 g/mol. The molecule has 0 saturated carbocycles. The topological polar surface area (TPSA) is 72.8 Å². The molecule has 0 saturated heterocycles. The Labute approximate surface area is 166 Å². The summed E-state index contributed by atoms with van der Waals surface area (Å²) >= 11 is 0. The predicted octanol–water partition coefficient (Wildman–Crippen LogP) is 3.86. The first kappa shape index (κ1) is 17.2. The maximum Gasteiger partial charge on any atom is 0.266 e. The number of nitrogens with zero attached hydrogens (tertiary/aromatic N) is 3. The minimum absolute atomic E-state index is 0.124. The fraction of sp³-hybridized carbons (Fsp3) is 0.0870. The SMILES string of the molecule is COc1ccc(Cc2cc3c(=O)n(-c4ccn[nH]4)cnc3c3ccccc23)cc1. The van der Waals surface area contributed by atoms with E-state index in [1.54, 1.807) is 25.7 Å². The summed E-state index contributed by atoms with van der Waals surface area (Å²) in [6.07, 6.45) is 3.87. The van der Waals surface area contributed by atoms with Crippen molar-refractivity contribution in [1.82, 2.24) is 19.7 Å². The third kappa shape index (κ3) is 2.95. The summed E-state index contributed by atoms with van der Waals surface area (Å²) in [6.45, 7) is 0. The van der Waals surface area contributed by atoms with Crippen molar-refractivity contribution in [3.8, 4) is 11.6 Å². The van der Waals surface area contributed by atoms with Gasteiger partial charge in [-0.1, -0.05) is 36.4 Å². The van der Waals surface area contributed by atoms with E-state index in [1.807, 2.05) is 48.5 Å². The van der Waals surface area contributed by atoms with Gasteiger partial charge in [-0.3, -0.25) is 14.5 Å². The molecule has 0 radical (unpaired) electrons. The highest BCUT2D eigenvalue weighted by Gasteiger charge is 2.13. The number of hydrogen-bond donors (Lipinski definition) is 1. The van der Waals surface area contributed by atoms with E-state index in [0.717, 1.165) is 27.6 Å². The van der Waals surface area contributed by atoms with Crippen molar-refractivity contribution in [2.45, 2.75) is 6.42 Å². The van der Waals surface area contributed by atoms with Crippen molar-refractivity contribution < 1.29 is 4.74 Å². The Bertz CT molecular complexity index is 1370. The number of methoxy groups -OCH3 is 1. The van der Waals surface area contributed by atoms with Crippen LogP contribution in [-0.2, 0) is 6.42 Å². The van der Waals surface area contributed by atoms with Crippen LogP contribution in [0.1, 0.15) is 11.1 Å². The summed E-state index contributed by atoms with van der Waals surface area (Å²) in [5.74, 6) is 1.41. The van der Waals surface area contributed by atoms with Crippen LogP contribution in [0.3, 0.4) is 0 Å². The number of fused-ring (bicyclic) bond motifs is 3.